The van der Waals surface area contributed by atoms with Gasteiger partial charge < -0.3 is 31.1 Å². The molecule has 212 valence electrons. The Balaban J connectivity index is 1.69. The van der Waals surface area contributed by atoms with Gasteiger partial charge in [0.2, 0.25) is 17.7 Å². The zero-order chi connectivity index (χ0) is 28.9. The average Bonchev–Trinajstić information content (AvgIpc) is 3.46. The molecule has 0 radical (unpaired) electrons. The zero-order valence-electron chi connectivity index (χ0n) is 22.9. The molecule has 4 amide bonds. The fourth-order valence-corrected chi connectivity index (χ4v) is 5.34. The van der Waals surface area contributed by atoms with Gasteiger partial charge in [0.05, 0.1) is 28.2 Å². The van der Waals surface area contributed by atoms with E-state index < -0.39 is 41.5 Å². The Hall–Kier alpha value is -3.51. The number of likely N-dealkylation sites (tertiary alicyclic amines) is 1. The van der Waals surface area contributed by atoms with Gasteiger partial charge in [-0.1, -0.05) is 45.0 Å². The fraction of sp³-hybridized carbons (Fsp3) is 0.519. The van der Waals surface area contributed by atoms with Crippen LogP contribution in [0.1, 0.15) is 57.8 Å². The number of aromatic nitrogens is 1. The maximum absolute atomic E-state index is 13.6. The van der Waals surface area contributed by atoms with E-state index in [4.69, 9.17) is 5.11 Å². The van der Waals surface area contributed by atoms with Crippen molar-refractivity contribution in [3.63, 3.8) is 0 Å². The Labute approximate surface area is 232 Å². The second kappa shape index (κ2) is 12.6. The second-order valence-corrected chi connectivity index (χ2v) is 11.7. The van der Waals surface area contributed by atoms with Crippen molar-refractivity contribution < 1.29 is 29.4 Å². The van der Waals surface area contributed by atoms with Crippen molar-refractivity contribution in [2.24, 2.45) is 5.41 Å². The standard InChI is InChI=1S/C27H37N5O6S/c1-15(17-6-8-18(9-7-17)22-16(2)29-14-39-22)30-24(35)20-12-19(33)13-32(20)25(36)23(27(3,4)5)31-21(34)10-11-28-26(37)38/h6-9,14-15,19-20,23,28,33H,10-13H2,1-5H3,(H,30,35)(H,31,34)(H,37,38)/t15-,19+,20-,23+/m0/s1. The summed E-state index contributed by atoms with van der Waals surface area (Å²) in [6.45, 7) is 9.04. The first-order valence-electron chi connectivity index (χ1n) is 12.8. The van der Waals surface area contributed by atoms with Crippen LogP contribution >= 0.6 is 11.3 Å². The minimum absolute atomic E-state index is 0.0305. The quantitative estimate of drug-likeness (QED) is 0.315. The lowest BCUT2D eigenvalue weighted by Crippen LogP contribution is -2.58. The van der Waals surface area contributed by atoms with E-state index >= 15 is 0 Å². The van der Waals surface area contributed by atoms with Crippen molar-refractivity contribution in [2.45, 2.75) is 71.7 Å². The predicted octanol–water partition coefficient (Wildman–Crippen LogP) is 2.45. The topological polar surface area (TPSA) is 161 Å². The number of carboxylic acid groups (broad SMARTS) is 1. The lowest BCUT2D eigenvalue weighted by molar-refractivity contribution is -0.144. The molecule has 0 aliphatic carbocycles. The summed E-state index contributed by atoms with van der Waals surface area (Å²) in [6.07, 6.45) is -2.18. The molecule has 1 aliphatic heterocycles. The minimum atomic E-state index is -1.24. The molecule has 11 nitrogen and oxygen atoms in total. The first-order chi connectivity index (χ1) is 18.3. The van der Waals surface area contributed by atoms with Crippen LogP contribution < -0.4 is 16.0 Å². The van der Waals surface area contributed by atoms with Gasteiger partial charge in [-0.15, -0.1) is 11.3 Å². The molecule has 0 bridgehead atoms. The molecule has 1 fully saturated rings. The van der Waals surface area contributed by atoms with Crippen molar-refractivity contribution in [1.29, 1.82) is 0 Å². The lowest BCUT2D eigenvalue weighted by atomic mass is 9.85. The van der Waals surface area contributed by atoms with Crippen LogP contribution in [0.25, 0.3) is 10.4 Å². The van der Waals surface area contributed by atoms with Crippen LogP contribution in [0.2, 0.25) is 0 Å². The van der Waals surface area contributed by atoms with E-state index in [2.05, 4.69) is 20.9 Å². The number of aliphatic hydroxyl groups is 1. The zero-order valence-corrected chi connectivity index (χ0v) is 23.7. The third kappa shape index (κ3) is 7.76. The maximum atomic E-state index is 13.6. The number of aliphatic hydroxyl groups excluding tert-OH is 1. The van der Waals surface area contributed by atoms with Crippen LogP contribution in [0.4, 0.5) is 4.79 Å². The summed E-state index contributed by atoms with van der Waals surface area (Å²) in [7, 11) is 0. The number of amides is 4. The molecule has 39 heavy (non-hydrogen) atoms. The molecule has 1 saturated heterocycles. The number of benzene rings is 1. The number of aryl methyl sites for hydroxylation is 1. The molecule has 0 unspecified atom stereocenters. The SMILES string of the molecule is Cc1ncsc1-c1ccc([C@H](C)NC(=O)[C@@H]2C[C@@H](O)CN2C(=O)[C@@H](NC(=O)CCNC(=O)O)C(C)(C)C)cc1. The number of hydrogen-bond acceptors (Lipinski definition) is 7. The normalized spacial score (nSPS) is 18.8. The summed E-state index contributed by atoms with van der Waals surface area (Å²) in [5.41, 5.74) is 3.99. The Kier molecular flexibility index (Phi) is 9.68. The number of rotatable bonds is 9. The number of carbonyl (C=O) groups is 4. The van der Waals surface area contributed by atoms with E-state index in [1.807, 2.05) is 38.1 Å². The largest absolute Gasteiger partial charge is 0.465 e. The Morgan fingerprint density at radius 3 is 2.38 bits per heavy atom. The van der Waals surface area contributed by atoms with Crippen LogP contribution in [-0.2, 0) is 14.4 Å². The molecule has 4 atom stereocenters. The fourth-order valence-electron chi connectivity index (χ4n) is 4.53. The highest BCUT2D eigenvalue weighted by Crippen LogP contribution is 2.29. The van der Waals surface area contributed by atoms with Crippen molar-refractivity contribution in [3.8, 4) is 10.4 Å². The smallest absolute Gasteiger partial charge is 0.404 e. The third-order valence-electron chi connectivity index (χ3n) is 6.69. The van der Waals surface area contributed by atoms with Crippen LogP contribution in [-0.4, -0.2) is 75.2 Å². The summed E-state index contributed by atoms with van der Waals surface area (Å²) in [4.78, 5) is 56.7. The van der Waals surface area contributed by atoms with Gasteiger partial charge in [0.25, 0.3) is 0 Å². The van der Waals surface area contributed by atoms with Crippen molar-refractivity contribution in [1.82, 2.24) is 25.8 Å². The van der Waals surface area contributed by atoms with Crippen LogP contribution in [0, 0.1) is 12.3 Å². The Morgan fingerprint density at radius 1 is 1.15 bits per heavy atom. The highest BCUT2D eigenvalue weighted by atomic mass is 32.1. The molecule has 0 saturated carbocycles. The summed E-state index contributed by atoms with van der Waals surface area (Å²) >= 11 is 1.56. The lowest BCUT2D eigenvalue weighted by Gasteiger charge is -2.35. The van der Waals surface area contributed by atoms with Gasteiger partial charge in [0.15, 0.2) is 0 Å². The molecule has 2 heterocycles. The Bertz CT molecular complexity index is 1190. The molecule has 2 aromatic rings. The second-order valence-electron chi connectivity index (χ2n) is 10.9. The van der Waals surface area contributed by atoms with Crippen LogP contribution in [0.15, 0.2) is 29.8 Å². The molecule has 0 spiro atoms. The Morgan fingerprint density at radius 2 is 1.82 bits per heavy atom. The number of carbonyl (C=O) groups excluding carboxylic acids is 3. The minimum Gasteiger partial charge on any atom is -0.465 e. The summed E-state index contributed by atoms with van der Waals surface area (Å²) in [5.74, 6) is -1.36. The third-order valence-corrected chi connectivity index (χ3v) is 7.67. The first-order valence-corrected chi connectivity index (χ1v) is 13.7. The van der Waals surface area contributed by atoms with Gasteiger partial charge in [-0.2, -0.15) is 0 Å². The summed E-state index contributed by atoms with van der Waals surface area (Å²) in [6, 6.07) is 5.63. The van der Waals surface area contributed by atoms with Gasteiger partial charge in [-0.25, -0.2) is 9.78 Å². The van der Waals surface area contributed by atoms with Crippen molar-refractivity contribution >= 4 is 35.2 Å². The van der Waals surface area contributed by atoms with E-state index in [9.17, 15) is 24.3 Å². The monoisotopic (exact) mass is 559 g/mol. The van der Waals surface area contributed by atoms with Gasteiger partial charge in [-0.3, -0.25) is 14.4 Å². The summed E-state index contributed by atoms with van der Waals surface area (Å²) in [5, 5.41) is 26.8. The van der Waals surface area contributed by atoms with E-state index in [0.717, 1.165) is 21.7 Å². The molecule has 1 aromatic heterocycles. The van der Waals surface area contributed by atoms with Gasteiger partial charge in [0.1, 0.15) is 12.1 Å². The summed E-state index contributed by atoms with van der Waals surface area (Å²) < 4.78 is 0. The van der Waals surface area contributed by atoms with Crippen LogP contribution in [0.3, 0.4) is 0 Å². The van der Waals surface area contributed by atoms with E-state index in [1.54, 1.807) is 37.6 Å². The van der Waals surface area contributed by atoms with E-state index in [1.165, 1.54) is 4.90 Å². The molecular formula is C27H37N5O6S. The van der Waals surface area contributed by atoms with Gasteiger partial charge in [-0.05, 0) is 30.4 Å². The van der Waals surface area contributed by atoms with E-state index in [0.29, 0.717) is 0 Å². The molecule has 3 rings (SSSR count). The first kappa shape index (κ1) is 30.0. The number of β-amino-alcohol motifs (C(OH)–C–C–N with tert-alkyl or cyclic N) is 1. The number of nitrogens with one attached hydrogen (secondary N) is 3. The molecule has 5 N–H and O–H groups in total. The number of nitrogens with zero attached hydrogens (tertiary/aromatic N) is 2. The van der Waals surface area contributed by atoms with Crippen molar-refractivity contribution in [3.05, 3.63) is 41.0 Å². The van der Waals surface area contributed by atoms with Gasteiger partial charge >= 0.3 is 6.09 Å². The van der Waals surface area contributed by atoms with Crippen LogP contribution in [0.5, 0.6) is 0 Å². The highest BCUT2D eigenvalue weighted by Gasteiger charge is 2.44. The number of thiazole rings is 1. The average molecular weight is 560 g/mol. The molecule has 1 aliphatic rings. The van der Waals surface area contributed by atoms with Crippen molar-refractivity contribution in [2.75, 3.05) is 13.1 Å². The molecule has 1 aromatic carbocycles. The molecule has 12 heteroatoms. The molecular weight excluding hydrogens is 522 g/mol. The maximum Gasteiger partial charge on any atom is 0.404 e. The van der Waals surface area contributed by atoms with Gasteiger partial charge in [0, 0.05) is 25.9 Å². The predicted molar refractivity (Wildman–Crippen MR) is 147 cm³/mol. The highest BCUT2D eigenvalue weighted by molar-refractivity contribution is 7.13. The van der Waals surface area contributed by atoms with E-state index in [-0.39, 0.29) is 37.9 Å². The number of hydrogen-bond donors (Lipinski definition) is 5.